The van der Waals surface area contributed by atoms with Crippen LogP contribution in [-0.4, -0.2) is 65.0 Å². The molecule has 0 bridgehead atoms. The molecule has 5 rings (SSSR count). The summed E-state index contributed by atoms with van der Waals surface area (Å²) in [5.74, 6) is 1.93. The van der Waals surface area contributed by atoms with Gasteiger partial charge in [-0.1, -0.05) is 23.9 Å². The first-order valence-corrected chi connectivity index (χ1v) is 13.7. The van der Waals surface area contributed by atoms with Crippen molar-refractivity contribution in [1.29, 1.82) is 0 Å². The Labute approximate surface area is 233 Å². The number of aldehydes is 1. The molecule has 2 aromatic carbocycles. The molecule has 10 nitrogen and oxygen atoms in total. The highest BCUT2D eigenvalue weighted by atomic mass is 16.5. The fraction of sp³-hybridized carbons (Fsp3) is 0.400. The molecule has 2 aliphatic heterocycles. The van der Waals surface area contributed by atoms with Gasteiger partial charge < -0.3 is 29.2 Å². The van der Waals surface area contributed by atoms with Crippen LogP contribution in [0.25, 0.3) is 11.4 Å². The highest BCUT2D eigenvalue weighted by molar-refractivity contribution is 5.85. The van der Waals surface area contributed by atoms with Gasteiger partial charge in [-0.15, -0.1) is 5.10 Å². The summed E-state index contributed by atoms with van der Waals surface area (Å²) in [6.45, 7) is 7.25. The minimum atomic E-state index is -0.485. The zero-order valence-electron chi connectivity index (χ0n) is 22.8. The highest BCUT2D eigenvalue weighted by Crippen LogP contribution is 2.39. The van der Waals surface area contributed by atoms with Gasteiger partial charge in [-0.05, 0) is 55.5 Å². The van der Waals surface area contributed by atoms with Crippen LogP contribution in [0, 0.1) is 5.92 Å². The molecule has 1 fully saturated rings. The maximum atomic E-state index is 12.6. The number of benzene rings is 2. The molecule has 0 aliphatic carbocycles. The second kappa shape index (κ2) is 12.8. The first-order valence-electron chi connectivity index (χ1n) is 13.7. The van der Waals surface area contributed by atoms with E-state index in [-0.39, 0.29) is 12.5 Å². The molecule has 1 atom stereocenters. The Morgan fingerprint density at radius 1 is 1.20 bits per heavy atom. The third-order valence-electron chi connectivity index (χ3n) is 7.45. The van der Waals surface area contributed by atoms with Crippen molar-refractivity contribution in [2.24, 2.45) is 5.92 Å². The van der Waals surface area contributed by atoms with E-state index < -0.39 is 6.04 Å². The van der Waals surface area contributed by atoms with E-state index in [4.69, 9.17) is 14.2 Å². The molecule has 210 valence electrons. The molecule has 1 aromatic heterocycles. The Bertz CT molecular complexity index is 1330. The number of nitrogens with zero attached hydrogens (tertiary/aromatic N) is 4. The summed E-state index contributed by atoms with van der Waals surface area (Å²) in [6, 6.07) is 13.1. The van der Waals surface area contributed by atoms with E-state index in [9.17, 15) is 9.59 Å². The molecular formula is C30H35N5O5. The zero-order chi connectivity index (χ0) is 27.9. The van der Waals surface area contributed by atoms with Gasteiger partial charge in [0.15, 0.2) is 0 Å². The minimum Gasteiger partial charge on any atom is -0.493 e. The van der Waals surface area contributed by atoms with Crippen molar-refractivity contribution in [3.05, 3.63) is 72.1 Å². The molecule has 1 N–H and O–H groups in total. The molecule has 1 unspecified atom stereocenters. The molecule has 40 heavy (non-hydrogen) atoms. The average Bonchev–Trinajstić information content (AvgIpc) is 3.61. The maximum Gasteiger partial charge on any atom is 0.242 e. The van der Waals surface area contributed by atoms with Crippen molar-refractivity contribution >= 4 is 17.9 Å². The summed E-state index contributed by atoms with van der Waals surface area (Å²) in [5.41, 5.74) is 4.18. The normalized spacial score (nSPS) is 15.9. The van der Waals surface area contributed by atoms with Crippen molar-refractivity contribution in [1.82, 2.24) is 25.2 Å². The zero-order valence-corrected chi connectivity index (χ0v) is 22.8. The predicted octanol–water partition coefficient (Wildman–Crippen LogP) is 3.53. The predicted molar refractivity (Wildman–Crippen MR) is 149 cm³/mol. The molecule has 10 heteroatoms. The van der Waals surface area contributed by atoms with Gasteiger partial charge in [0.05, 0.1) is 18.5 Å². The number of carbonyl (C=O) groups is 2. The van der Waals surface area contributed by atoms with Gasteiger partial charge in [-0.25, -0.2) is 4.68 Å². The van der Waals surface area contributed by atoms with Crippen molar-refractivity contribution in [3.63, 3.8) is 0 Å². The molecule has 0 radical (unpaired) electrons. The van der Waals surface area contributed by atoms with Gasteiger partial charge in [-0.3, -0.25) is 4.79 Å². The lowest BCUT2D eigenvalue weighted by atomic mass is 10.0. The first kappa shape index (κ1) is 27.4. The average molecular weight is 546 g/mol. The van der Waals surface area contributed by atoms with Crippen LogP contribution in [0.15, 0.2) is 55.2 Å². The Morgan fingerprint density at radius 2 is 2.00 bits per heavy atom. The molecule has 1 saturated heterocycles. The summed E-state index contributed by atoms with van der Waals surface area (Å²) in [5, 5.41) is 11.2. The summed E-state index contributed by atoms with van der Waals surface area (Å²) in [7, 11) is 1.60. The van der Waals surface area contributed by atoms with Crippen molar-refractivity contribution in [2.45, 2.75) is 44.9 Å². The van der Waals surface area contributed by atoms with Crippen LogP contribution < -0.4 is 14.8 Å². The lowest BCUT2D eigenvalue weighted by Gasteiger charge is -2.28. The Kier molecular flexibility index (Phi) is 8.75. The monoisotopic (exact) mass is 545 g/mol. The van der Waals surface area contributed by atoms with E-state index in [1.165, 1.54) is 0 Å². The number of rotatable bonds is 12. The lowest BCUT2D eigenvalue weighted by Crippen LogP contribution is -2.43. The third kappa shape index (κ3) is 6.17. The van der Waals surface area contributed by atoms with Crippen LogP contribution >= 0.6 is 0 Å². The molecule has 0 saturated carbocycles. The molecular weight excluding hydrogens is 510 g/mol. The van der Waals surface area contributed by atoms with E-state index in [1.54, 1.807) is 11.7 Å². The highest BCUT2D eigenvalue weighted by Gasteiger charge is 2.33. The van der Waals surface area contributed by atoms with Gasteiger partial charge in [0, 0.05) is 50.1 Å². The number of aromatic nitrogens is 3. The number of carbonyl (C=O) groups excluding carboxylic acids is 2. The van der Waals surface area contributed by atoms with Gasteiger partial charge in [-0.2, -0.15) is 0 Å². The van der Waals surface area contributed by atoms with Crippen molar-refractivity contribution in [3.8, 4) is 17.2 Å². The quantitative estimate of drug-likeness (QED) is 0.345. The molecule has 1 amide bonds. The molecule has 0 spiro atoms. The van der Waals surface area contributed by atoms with E-state index in [0.29, 0.717) is 43.4 Å². The van der Waals surface area contributed by atoms with Crippen molar-refractivity contribution < 1.29 is 23.8 Å². The Balaban J connectivity index is 1.20. The number of nitrogens with one attached hydrogen (secondary N) is 1. The second-order valence-electron chi connectivity index (χ2n) is 10.0. The summed E-state index contributed by atoms with van der Waals surface area (Å²) in [4.78, 5) is 25.5. The fourth-order valence-electron chi connectivity index (χ4n) is 5.14. The van der Waals surface area contributed by atoms with Gasteiger partial charge in [0.25, 0.3) is 0 Å². The van der Waals surface area contributed by atoms with E-state index >= 15 is 0 Å². The molecule has 2 aliphatic rings. The van der Waals surface area contributed by atoms with Crippen LogP contribution in [0.1, 0.15) is 42.5 Å². The number of hydrogen-bond donors (Lipinski definition) is 1. The van der Waals surface area contributed by atoms with E-state index in [2.05, 4.69) is 22.2 Å². The van der Waals surface area contributed by atoms with Crippen LogP contribution in [0.4, 0.5) is 0 Å². The van der Waals surface area contributed by atoms with Gasteiger partial charge in [0.1, 0.15) is 36.1 Å². The van der Waals surface area contributed by atoms with Gasteiger partial charge in [0.2, 0.25) is 5.91 Å². The summed E-state index contributed by atoms with van der Waals surface area (Å²) >= 11 is 0. The molecule has 3 heterocycles. The first-order chi connectivity index (χ1) is 19.6. The minimum absolute atomic E-state index is 0.145. The van der Waals surface area contributed by atoms with E-state index in [0.717, 1.165) is 60.6 Å². The fourth-order valence-corrected chi connectivity index (χ4v) is 5.14. The largest absolute Gasteiger partial charge is 0.493 e. The number of likely N-dealkylation sites (N-methyl/N-ethyl adjacent to an activating group) is 1. The van der Waals surface area contributed by atoms with Crippen molar-refractivity contribution in [2.75, 3.05) is 26.9 Å². The van der Waals surface area contributed by atoms with Gasteiger partial charge >= 0.3 is 0 Å². The third-order valence-corrected chi connectivity index (χ3v) is 7.45. The number of hydrogen-bond acceptors (Lipinski definition) is 8. The van der Waals surface area contributed by atoms with Crippen LogP contribution in [0.3, 0.4) is 0 Å². The SMILES string of the molecule is C=C1c2cccc(OCc3cn(-c4ccc(OCC5CCOCC5)cc4)nn3)c2CN1C(CCC=O)C(=O)NC. The lowest BCUT2D eigenvalue weighted by molar-refractivity contribution is -0.125. The van der Waals surface area contributed by atoms with Crippen LogP contribution in [0.5, 0.6) is 11.5 Å². The number of ether oxygens (including phenoxy) is 3. The smallest absolute Gasteiger partial charge is 0.242 e. The number of amides is 1. The van der Waals surface area contributed by atoms with Crippen LogP contribution in [-0.2, 0) is 27.5 Å². The Morgan fingerprint density at radius 3 is 2.75 bits per heavy atom. The maximum absolute atomic E-state index is 12.6. The summed E-state index contributed by atoms with van der Waals surface area (Å²) in [6.07, 6.45) is 5.46. The van der Waals surface area contributed by atoms with Crippen LogP contribution in [0.2, 0.25) is 0 Å². The molecule has 3 aromatic rings. The second-order valence-corrected chi connectivity index (χ2v) is 10.0. The van der Waals surface area contributed by atoms with E-state index in [1.807, 2.05) is 53.6 Å². The number of fused-ring (bicyclic) bond motifs is 1. The summed E-state index contributed by atoms with van der Waals surface area (Å²) < 4.78 is 19.3. The standard InChI is InChI=1S/C30H35N5O5/c1-21-26-5-3-7-29(27(26)18-34(21)28(6-4-14-36)30(37)31-2)40-20-23-17-35(33-32-23)24-8-10-25(11-9-24)39-19-22-12-15-38-16-13-22/h3,5,7-11,14,17,22,28H,1,4,6,12-13,15-16,18-20H2,2H3,(H,31,37). The topological polar surface area (TPSA) is 108 Å². The Hall–Kier alpha value is -4.18.